The maximum Gasteiger partial charge on any atom is 0.268 e. The first-order valence-corrected chi connectivity index (χ1v) is 15.8. The van der Waals surface area contributed by atoms with Crippen LogP contribution in [-0.2, 0) is 17.9 Å². The molecule has 0 radical (unpaired) electrons. The predicted molar refractivity (Wildman–Crippen MR) is 163 cm³/mol. The molecule has 0 bridgehead atoms. The first-order chi connectivity index (χ1) is 21.1. The van der Waals surface area contributed by atoms with Gasteiger partial charge in [-0.25, -0.2) is 9.97 Å². The van der Waals surface area contributed by atoms with Gasteiger partial charge in [0.15, 0.2) is 12.2 Å². The van der Waals surface area contributed by atoms with Gasteiger partial charge >= 0.3 is 0 Å². The third kappa shape index (κ3) is 6.12. The highest BCUT2D eigenvalue weighted by molar-refractivity contribution is 7.17. The minimum absolute atomic E-state index is 0.115. The molecule has 2 amide bonds. The molecule has 7 rings (SSSR count). The van der Waals surface area contributed by atoms with E-state index in [4.69, 9.17) is 9.40 Å². The Labute approximate surface area is 253 Å². The van der Waals surface area contributed by atoms with E-state index in [0.717, 1.165) is 66.2 Å². The Balaban J connectivity index is 1.16. The number of benzene rings is 1. The largest absolute Gasteiger partial charge is 0.443 e. The van der Waals surface area contributed by atoms with Crippen LogP contribution in [0.3, 0.4) is 0 Å². The number of nitrogens with zero attached hydrogens (tertiary/aromatic N) is 5. The van der Waals surface area contributed by atoms with E-state index in [1.54, 1.807) is 12.3 Å². The topological polar surface area (TPSA) is 129 Å². The lowest BCUT2D eigenvalue weighted by Gasteiger charge is -2.26. The summed E-state index contributed by atoms with van der Waals surface area (Å²) < 4.78 is 7.39. The summed E-state index contributed by atoms with van der Waals surface area (Å²) in [6.07, 6.45) is 11.2. The zero-order valence-corrected chi connectivity index (χ0v) is 24.6. The predicted octanol–water partition coefficient (Wildman–Crippen LogP) is 5.36. The Morgan fingerprint density at radius 3 is 2.81 bits per heavy atom. The number of carbonyl (C=O) groups excluding carboxylic acids is 2. The van der Waals surface area contributed by atoms with Crippen molar-refractivity contribution in [3.63, 3.8) is 0 Å². The summed E-state index contributed by atoms with van der Waals surface area (Å²) in [5, 5.41) is 16.3. The lowest BCUT2D eigenvalue weighted by molar-refractivity contribution is -0.127. The Morgan fingerprint density at radius 2 is 2.05 bits per heavy atom. The number of anilines is 1. The molecular formula is C32H33N7O3S. The summed E-state index contributed by atoms with van der Waals surface area (Å²) in [5.41, 5.74) is 3.05. The van der Waals surface area contributed by atoms with Crippen molar-refractivity contribution in [2.24, 2.45) is 11.8 Å². The van der Waals surface area contributed by atoms with Gasteiger partial charge in [0.1, 0.15) is 11.6 Å². The Bertz CT molecular complexity index is 1720. The van der Waals surface area contributed by atoms with Crippen LogP contribution >= 0.6 is 11.3 Å². The van der Waals surface area contributed by atoms with Crippen LogP contribution in [0.15, 0.2) is 59.0 Å². The molecule has 2 N–H and O–H groups in total. The average Bonchev–Trinajstić information content (AvgIpc) is 3.73. The number of allylic oxidation sites excluding steroid dienone is 1. The average molecular weight is 596 g/mol. The molecule has 10 nitrogen and oxygen atoms in total. The second kappa shape index (κ2) is 11.8. The van der Waals surface area contributed by atoms with Gasteiger partial charge in [-0.05, 0) is 86.7 Å². The van der Waals surface area contributed by atoms with Crippen molar-refractivity contribution >= 4 is 40.1 Å². The van der Waals surface area contributed by atoms with Gasteiger partial charge in [-0.2, -0.15) is 5.26 Å². The molecule has 3 fully saturated rings. The molecule has 1 aromatic carbocycles. The van der Waals surface area contributed by atoms with Crippen molar-refractivity contribution < 1.29 is 14.0 Å². The summed E-state index contributed by atoms with van der Waals surface area (Å²) in [4.78, 5) is 38.8. The van der Waals surface area contributed by atoms with Crippen LogP contribution in [0.25, 0.3) is 21.7 Å². The fourth-order valence-electron chi connectivity index (χ4n) is 5.71. The maximum atomic E-state index is 13.4. The molecule has 1 atom stereocenters. The zero-order chi connectivity index (χ0) is 29.3. The van der Waals surface area contributed by atoms with Crippen molar-refractivity contribution in [2.75, 3.05) is 18.4 Å². The maximum absolute atomic E-state index is 13.4. The van der Waals surface area contributed by atoms with Crippen LogP contribution in [0.2, 0.25) is 0 Å². The lowest BCUT2D eigenvalue weighted by Crippen LogP contribution is -2.39. The number of rotatable bonds is 11. The molecule has 0 spiro atoms. The van der Waals surface area contributed by atoms with E-state index in [9.17, 15) is 14.9 Å². The monoisotopic (exact) mass is 595 g/mol. The van der Waals surface area contributed by atoms with E-state index >= 15 is 0 Å². The number of imidazole rings is 1. The molecule has 220 valence electrons. The van der Waals surface area contributed by atoms with Gasteiger partial charge in [0.05, 0.1) is 33.0 Å². The normalized spacial score (nSPS) is 18.7. The molecule has 1 aliphatic heterocycles. The number of nitriles is 1. The van der Waals surface area contributed by atoms with Gasteiger partial charge in [-0.1, -0.05) is 12.1 Å². The molecule has 3 aliphatic rings. The Hall–Kier alpha value is -4.27. The van der Waals surface area contributed by atoms with E-state index in [2.05, 4.69) is 33.8 Å². The molecule has 2 aliphatic carbocycles. The molecular weight excluding hydrogens is 562 g/mol. The summed E-state index contributed by atoms with van der Waals surface area (Å²) in [6, 6.07) is 11.8. The number of fused-ring (bicyclic) bond motifs is 1. The van der Waals surface area contributed by atoms with Gasteiger partial charge in [0, 0.05) is 19.6 Å². The van der Waals surface area contributed by atoms with E-state index in [1.807, 2.05) is 27.7 Å². The van der Waals surface area contributed by atoms with Crippen LogP contribution in [-0.4, -0.2) is 50.4 Å². The molecule has 0 unspecified atom stereocenters. The van der Waals surface area contributed by atoms with Crippen LogP contribution in [0.1, 0.15) is 53.8 Å². The smallest absolute Gasteiger partial charge is 0.268 e. The zero-order valence-electron chi connectivity index (χ0n) is 23.8. The van der Waals surface area contributed by atoms with Crippen LogP contribution in [0.4, 0.5) is 5.95 Å². The summed E-state index contributed by atoms with van der Waals surface area (Å²) in [7, 11) is 0. The highest BCUT2D eigenvalue weighted by Gasteiger charge is 2.33. The molecule has 4 heterocycles. The second-order valence-electron chi connectivity index (χ2n) is 11.8. The highest BCUT2D eigenvalue weighted by atomic mass is 32.1. The van der Waals surface area contributed by atoms with E-state index in [0.29, 0.717) is 35.6 Å². The van der Waals surface area contributed by atoms with E-state index < -0.39 is 0 Å². The molecule has 4 aromatic rings. The first kappa shape index (κ1) is 27.6. The van der Waals surface area contributed by atoms with Gasteiger partial charge in [-0.15, -0.1) is 11.3 Å². The SMILES string of the molecule is N#CC(=CC1CC1)C(=O)N1CCC[C@@H]1Cn1c(NC(=O)c2ccc(-c3cnco3)s2)nc2cc(CNCC3CC3)ccc21. The number of nitrogens with one attached hydrogen (secondary N) is 2. The van der Waals surface area contributed by atoms with Gasteiger partial charge in [0.2, 0.25) is 5.95 Å². The van der Waals surface area contributed by atoms with Crippen LogP contribution in [0.5, 0.6) is 0 Å². The Morgan fingerprint density at radius 1 is 1.16 bits per heavy atom. The minimum Gasteiger partial charge on any atom is -0.443 e. The summed E-state index contributed by atoms with van der Waals surface area (Å²) in [5.74, 6) is 1.72. The third-order valence-corrected chi connectivity index (χ3v) is 9.51. The lowest BCUT2D eigenvalue weighted by atomic mass is 10.1. The first-order valence-electron chi connectivity index (χ1n) is 15.0. The highest BCUT2D eigenvalue weighted by Crippen LogP contribution is 2.33. The van der Waals surface area contributed by atoms with Crippen molar-refractivity contribution in [1.29, 1.82) is 5.26 Å². The number of amides is 2. The van der Waals surface area contributed by atoms with E-state index in [1.165, 1.54) is 30.6 Å². The van der Waals surface area contributed by atoms with Crippen LogP contribution in [0, 0.1) is 23.2 Å². The van der Waals surface area contributed by atoms with Gasteiger partial charge in [-0.3, -0.25) is 14.9 Å². The summed E-state index contributed by atoms with van der Waals surface area (Å²) in [6.45, 7) is 2.86. The number of hydrogen-bond acceptors (Lipinski definition) is 8. The molecule has 11 heteroatoms. The summed E-state index contributed by atoms with van der Waals surface area (Å²) >= 11 is 1.32. The van der Waals surface area contributed by atoms with Crippen molar-refractivity contribution in [1.82, 2.24) is 24.8 Å². The number of oxazole rings is 1. The number of carbonyl (C=O) groups is 2. The Kier molecular flexibility index (Phi) is 7.55. The number of thiophene rings is 1. The van der Waals surface area contributed by atoms with Crippen molar-refractivity contribution in [2.45, 2.75) is 57.7 Å². The molecule has 43 heavy (non-hydrogen) atoms. The van der Waals surface area contributed by atoms with Gasteiger partial charge in [0.25, 0.3) is 11.8 Å². The molecule has 1 saturated heterocycles. The van der Waals surface area contributed by atoms with Crippen molar-refractivity contribution in [3.8, 4) is 16.7 Å². The molecule has 2 saturated carbocycles. The second-order valence-corrected chi connectivity index (χ2v) is 12.8. The van der Waals surface area contributed by atoms with Crippen LogP contribution < -0.4 is 10.6 Å². The quantitative estimate of drug-likeness (QED) is 0.177. The minimum atomic E-state index is -0.267. The number of hydrogen-bond donors (Lipinski definition) is 2. The number of likely N-dealkylation sites (tertiary alicyclic amines) is 1. The van der Waals surface area contributed by atoms with Crippen molar-refractivity contribution in [3.05, 3.63) is 65.0 Å². The molecule has 3 aromatic heterocycles. The fourth-order valence-corrected chi connectivity index (χ4v) is 6.57. The number of aromatic nitrogens is 3. The standard InChI is InChI=1S/C32H33N7O3S/c33-14-23(12-20-3-4-20)31(41)38-11-1-2-24(38)18-39-26-8-7-22(16-34-15-21-5-6-21)13-25(26)36-32(39)37-30(40)29-10-9-28(43-29)27-17-35-19-42-27/h7-10,12-13,17,19-21,24,34H,1-6,11,15-16,18H2,(H,36,37,40)/t24-/m1/s1. The van der Waals surface area contributed by atoms with Gasteiger partial charge < -0.3 is 19.2 Å². The fraction of sp³-hybridized carbons (Fsp3) is 0.406. The van der Waals surface area contributed by atoms with E-state index in [-0.39, 0.29) is 23.4 Å². The third-order valence-electron chi connectivity index (χ3n) is 8.41.